The SMILES string of the molecule is Cc1nc(C)c2ccc(C#N)cc2n1. The van der Waals surface area contributed by atoms with Crippen LogP contribution >= 0.6 is 0 Å². The zero-order valence-corrected chi connectivity index (χ0v) is 8.07. The Morgan fingerprint density at radius 3 is 2.71 bits per heavy atom. The normalized spacial score (nSPS) is 10.1. The second kappa shape index (κ2) is 3.08. The van der Waals surface area contributed by atoms with Gasteiger partial charge in [-0.15, -0.1) is 0 Å². The molecule has 0 fully saturated rings. The topological polar surface area (TPSA) is 49.6 Å². The number of hydrogen-bond donors (Lipinski definition) is 0. The molecule has 2 rings (SSSR count). The van der Waals surface area contributed by atoms with Crippen molar-refractivity contribution in [1.29, 1.82) is 5.26 Å². The summed E-state index contributed by atoms with van der Waals surface area (Å²) >= 11 is 0. The zero-order valence-electron chi connectivity index (χ0n) is 8.07. The molecule has 0 aliphatic carbocycles. The molecule has 1 heterocycles. The van der Waals surface area contributed by atoms with Gasteiger partial charge in [-0.2, -0.15) is 5.26 Å². The van der Waals surface area contributed by atoms with Gasteiger partial charge in [-0.25, -0.2) is 9.97 Å². The van der Waals surface area contributed by atoms with E-state index in [9.17, 15) is 0 Å². The van der Waals surface area contributed by atoms with Gasteiger partial charge < -0.3 is 0 Å². The molecular weight excluding hydrogens is 174 g/mol. The fourth-order valence-electron chi connectivity index (χ4n) is 1.50. The fraction of sp³-hybridized carbons (Fsp3) is 0.182. The molecule has 3 nitrogen and oxygen atoms in total. The molecule has 0 aliphatic heterocycles. The Kier molecular flexibility index (Phi) is 1.90. The number of fused-ring (bicyclic) bond motifs is 1. The Morgan fingerprint density at radius 2 is 2.00 bits per heavy atom. The van der Waals surface area contributed by atoms with Crippen LogP contribution < -0.4 is 0 Å². The van der Waals surface area contributed by atoms with Crippen LogP contribution in [0.4, 0.5) is 0 Å². The zero-order chi connectivity index (χ0) is 10.1. The lowest BCUT2D eigenvalue weighted by Gasteiger charge is -2.02. The molecule has 0 atom stereocenters. The van der Waals surface area contributed by atoms with Crippen molar-refractivity contribution in [2.75, 3.05) is 0 Å². The molecule has 1 aromatic carbocycles. The molecule has 0 N–H and O–H groups in total. The first kappa shape index (κ1) is 8.64. The van der Waals surface area contributed by atoms with Crippen LogP contribution in [0.1, 0.15) is 17.1 Å². The van der Waals surface area contributed by atoms with Crippen molar-refractivity contribution < 1.29 is 0 Å². The highest BCUT2D eigenvalue weighted by molar-refractivity contribution is 5.81. The average molecular weight is 183 g/mol. The molecular formula is C11H9N3. The Hall–Kier alpha value is -1.95. The summed E-state index contributed by atoms with van der Waals surface area (Å²) in [4.78, 5) is 8.55. The summed E-state index contributed by atoms with van der Waals surface area (Å²) in [6.45, 7) is 3.80. The molecule has 0 saturated carbocycles. The van der Waals surface area contributed by atoms with E-state index in [4.69, 9.17) is 5.26 Å². The summed E-state index contributed by atoms with van der Waals surface area (Å²) in [6.07, 6.45) is 0. The second-order valence-corrected chi connectivity index (χ2v) is 3.20. The summed E-state index contributed by atoms with van der Waals surface area (Å²) in [6, 6.07) is 7.56. The predicted octanol–water partition coefficient (Wildman–Crippen LogP) is 2.12. The maximum atomic E-state index is 8.74. The van der Waals surface area contributed by atoms with Crippen molar-refractivity contribution in [2.24, 2.45) is 0 Å². The van der Waals surface area contributed by atoms with E-state index < -0.39 is 0 Å². The molecule has 68 valence electrons. The van der Waals surface area contributed by atoms with Gasteiger partial charge in [0.05, 0.1) is 17.1 Å². The van der Waals surface area contributed by atoms with Crippen LogP contribution in [0.2, 0.25) is 0 Å². The van der Waals surface area contributed by atoms with Gasteiger partial charge in [0.15, 0.2) is 0 Å². The molecule has 0 amide bonds. The van der Waals surface area contributed by atoms with E-state index in [1.54, 1.807) is 12.1 Å². The highest BCUT2D eigenvalue weighted by Gasteiger charge is 2.02. The predicted molar refractivity (Wildman–Crippen MR) is 53.7 cm³/mol. The smallest absolute Gasteiger partial charge is 0.126 e. The van der Waals surface area contributed by atoms with Crippen LogP contribution in [0.5, 0.6) is 0 Å². The van der Waals surface area contributed by atoms with Crippen LogP contribution in [-0.2, 0) is 0 Å². The molecule has 0 bridgehead atoms. The number of nitrogens with zero attached hydrogens (tertiary/aromatic N) is 3. The highest BCUT2D eigenvalue weighted by Crippen LogP contribution is 2.16. The Labute approximate surface area is 82.0 Å². The standard InChI is InChI=1S/C11H9N3/c1-7-10-4-3-9(6-12)5-11(10)14-8(2)13-7/h3-5H,1-2H3. The summed E-state index contributed by atoms with van der Waals surface area (Å²) in [7, 11) is 0. The first-order valence-electron chi connectivity index (χ1n) is 4.36. The molecule has 0 radical (unpaired) electrons. The van der Waals surface area contributed by atoms with Gasteiger partial charge in [-0.1, -0.05) is 0 Å². The van der Waals surface area contributed by atoms with Gasteiger partial charge >= 0.3 is 0 Å². The lowest BCUT2D eigenvalue weighted by molar-refractivity contribution is 1.05. The molecule has 1 aromatic heterocycles. The lowest BCUT2D eigenvalue weighted by atomic mass is 10.1. The van der Waals surface area contributed by atoms with Crippen molar-refractivity contribution in [3.63, 3.8) is 0 Å². The summed E-state index contributed by atoms with van der Waals surface area (Å²) in [5.74, 6) is 0.741. The molecule has 0 unspecified atom stereocenters. The van der Waals surface area contributed by atoms with E-state index in [2.05, 4.69) is 16.0 Å². The van der Waals surface area contributed by atoms with Crippen molar-refractivity contribution >= 4 is 10.9 Å². The second-order valence-electron chi connectivity index (χ2n) is 3.20. The first-order valence-corrected chi connectivity index (χ1v) is 4.36. The van der Waals surface area contributed by atoms with Crippen LogP contribution in [-0.4, -0.2) is 9.97 Å². The minimum Gasteiger partial charge on any atom is -0.238 e. The van der Waals surface area contributed by atoms with Gasteiger partial charge in [0, 0.05) is 11.1 Å². The highest BCUT2D eigenvalue weighted by atomic mass is 14.9. The minimum absolute atomic E-state index is 0.634. The molecule has 0 spiro atoms. The van der Waals surface area contributed by atoms with Crippen molar-refractivity contribution in [3.8, 4) is 6.07 Å². The van der Waals surface area contributed by atoms with Crippen molar-refractivity contribution in [3.05, 3.63) is 35.3 Å². The van der Waals surface area contributed by atoms with Gasteiger partial charge in [0.2, 0.25) is 0 Å². The number of aromatic nitrogens is 2. The van der Waals surface area contributed by atoms with Crippen LogP contribution in [0.3, 0.4) is 0 Å². The van der Waals surface area contributed by atoms with E-state index in [0.29, 0.717) is 5.56 Å². The quantitative estimate of drug-likeness (QED) is 0.628. The average Bonchev–Trinajstić information content (AvgIpc) is 2.16. The summed E-state index contributed by atoms with van der Waals surface area (Å²) in [5.41, 5.74) is 2.43. The van der Waals surface area contributed by atoms with Crippen LogP contribution in [0.25, 0.3) is 10.9 Å². The van der Waals surface area contributed by atoms with E-state index in [1.807, 2.05) is 19.9 Å². The number of benzene rings is 1. The molecule has 0 saturated heterocycles. The molecule has 2 aromatic rings. The summed E-state index contributed by atoms with van der Waals surface area (Å²) in [5, 5.41) is 9.75. The number of nitriles is 1. The third-order valence-electron chi connectivity index (χ3n) is 2.13. The maximum absolute atomic E-state index is 8.74. The van der Waals surface area contributed by atoms with Gasteiger partial charge in [0.1, 0.15) is 5.82 Å². The Morgan fingerprint density at radius 1 is 1.21 bits per heavy atom. The third-order valence-corrected chi connectivity index (χ3v) is 2.13. The third kappa shape index (κ3) is 1.31. The monoisotopic (exact) mass is 183 g/mol. The van der Waals surface area contributed by atoms with Gasteiger partial charge in [-0.05, 0) is 32.0 Å². The Balaban J connectivity index is 2.83. The van der Waals surface area contributed by atoms with E-state index in [0.717, 1.165) is 22.4 Å². The maximum Gasteiger partial charge on any atom is 0.126 e. The number of aryl methyl sites for hydroxylation is 2. The van der Waals surface area contributed by atoms with Crippen LogP contribution in [0.15, 0.2) is 18.2 Å². The van der Waals surface area contributed by atoms with Crippen LogP contribution in [0, 0.1) is 25.2 Å². The molecule has 0 aliphatic rings. The van der Waals surface area contributed by atoms with E-state index in [1.165, 1.54) is 0 Å². The number of hydrogen-bond acceptors (Lipinski definition) is 3. The first-order chi connectivity index (χ1) is 6.70. The largest absolute Gasteiger partial charge is 0.238 e. The number of rotatable bonds is 0. The lowest BCUT2D eigenvalue weighted by Crippen LogP contribution is -1.93. The fourth-order valence-corrected chi connectivity index (χ4v) is 1.50. The van der Waals surface area contributed by atoms with Crippen molar-refractivity contribution in [1.82, 2.24) is 9.97 Å². The molecule has 14 heavy (non-hydrogen) atoms. The van der Waals surface area contributed by atoms with E-state index in [-0.39, 0.29) is 0 Å². The Bertz CT molecular complexity index is 538. The summed E-state index contributed by atoms with van der Waals surface area (Å²) < 4.78 is 0. The van der Waals surface area contributed by atoms with E-state index >= 15 is 0 Å². The van der Waals surface area contributed by atoms with Gasteiger partial charge in [-0.3, -0.25) is 0 Å². The minimum atomic E-state index is 0.634. The van der Waals surface area contributed by atoms with Gasteiger partial charge in [0.25, 0.3) is 0 Å². The van der Waals surface area contributed by atoms with Crippen molar-refractivity contribution in [2.45, 2.75) is 13.8 Å². The molecule has 3 heteroatoms.